The highest BCUT2D eigenvalue weighted by atomic mass is 32.2. The number of likely N-dealkylation sites (N-methyl/N-ethyl adjacent to an activating group) is 1. The average Bonchev–Trinajstić information content (AvgIpc) is 3.01. The smallest absolute Gasteiger partial charge is 0.328 e. The van der Waals surface area contributed by atoms with E-state index in [1.54, 1.807) is 0 Å². The van der Waals surface area contributed by atoms with Crippen LogP contribution < -0.4 is 0 Å². The fourth-order valence-electron chi connectivity index (χ4n) is 4.44. The molecule has 0 bridgehead atoms. The molecule has 1 fully saturated rings. The van der Waals surface area contributed by atoms with Crippen LogP contribution in [0.1, 0.15) is 17.2 Å². The first kappa shape index (κ1) is 24.0. The van der Waals surface area contributed by atoms with E-state index in [1.165, 1.54) is 31.7 Å². The standard InChI is InChI=1S/C23H24N2S.C4H4O4/c1-24-12-14-25(15-13-24)21-16-18-7-3-5-9-22(18)26-23-19-8-4-2-6-17(19)10-11-20(21)23;5-3(6)1-2-4(7)8/h2-11,21H,12-16H2,1H3;1-2H,(H,5,6)(H,7,8)/b;2-1-. The summed E-state index contributed by atoms with van der Waals surface area (Å²) in [5, 5.41) is 18.4. The molecule has 1 saturated heterocycles. The summed E-state index contributed by atoms with van der Waals surface area (Å²) in [5.41, 5.74) is 3.00. The first-order valence-corrected chi connectivity index (χ1v) is 12.1. The number of carboxylic acids is 2. The Balaban J connectivity index is 0.000000297. The Bertz CT molecular complexity index is 1200. The second kappa shape index (κ2) is 10.9. The van der Waals surface area contributed by atoms with Gasteiger partial charge in [0.1, 0.15) is 0 Å². The van der Waals surface area contributed by atoms with Gasteiger partial charge in [0.25, 0.3) is 0 Å². The normalized spacial score (nSPS) is 18.4. The lowest BCUT2D eigenvalue weighted by atomic mass is 9.94. The molecule has 0 aliphatic carbocycles. The van der Waals surface area contributed by atoms with Gasteiger partial charge in [0.2, 0.25) is 0 Å². The molecule has 1 unspecified atom stereocenters. The first-order valence-electron chi connectivity index (χ1n) is 11.3. The van der Waals surface area contributed by atoms with E-state index in [0.29, 0.717) is 18.2 Å². The Morgan fingerprint density at radius 1 is 0.882 bits per heavy atom. The molecule has 2 N–H and O–H groups in total. The van der Waals surface area contributed by atoms with Gasteiger partial charge in [0, 0.05) is 54.2 Å². The van der Waals surface area contributed by atoms with E-state index in [4.69, 9.17) is 10.2 Å². The van der Waals surface area contributed by atoms with Gasteiger partial charge in [-0.15, -0.1) is 0 Å². The summed E-state index contributed by atoms with van der Waals surface area (Å²) in [4.78, 5) is 27.1. The van der Waals surface area contributed by atoms with Crippen molar-refractivity contribution in [3.05, 3.63) is 83.9 Å². The number of hydrogen-bond donors (Lipinski definition) is 2. The largest absolute Gasteiger partial charge is 0.478 e. The number of piperazine rings is 1. The maximum atomic E-state index is 9.55. The van der Waals surface area contributed by atoms with Gasteiger partial charge in [0.15, 0.2) is 0 Å². The number of benzene rings is 3. The minimum Gasteiger partial charge on any atom is -0.478 e. The molecule has 2 aliphatic rings. The summed E-state index contributed by atoms with van der Waals surface area (Å²) in [6.07, 6.45) is 2.23. The highest BCUT2D eigenvalue weighted by molar-refractivity contribution is 7.99. The summed E-state index contributed by atoms with van der Waals surface area (Å²) in [7, 11) is 2.23. The number of carbonyl (C=O) groups is 2. The Hall–Kier alpha value is -3.13. The molecule has 3 aromatic carbocycles. The van der Waals surface area contributed by atoms with Crippen molar-refractivity contribution in [1.82, 2.24) is 9.80 Å². The number of aliphatic carboxylic acids is 2. The Morgan fingerprint density at radius 2 is 1.53 bits per heavy atom. The highest BCUT2D eigenvalue weighted by Gasteiger charge is 2.30. The van der Waals surface area contributed by atoms with Crippen LogP contribution in [0.5, 0.6) is 0 Å². The van der Waals surface area contributed by atoms with Gasteiger partial charge < -0.3 is 15.1 Å². The number of carboxylic acid groups (broad SMARTS) is 2. The lowest BCUT2D eigenvalue weighted by Crippen LogP contribution is -2.46. The van der Waals surface area contributed by atoms with E-state index in [1.807, 2.05) is 11.8 Å². The van der Waals surface area contributed by atoms with Gasteiger partial charge in [0.05, 0.1) is 0 Å². The molecule has 0 aromatic heterocycles. The van der Waals surface area contributed by atoms with Crippen molar-refractivity contribution in [3.63, 3.8) is 0 Å². The number of rotatable bonds is 3. The molecule has 7 heteroatoms. The maximum absolute atomic E-state index is 9.55. The van der Waals surface area contributed by atoms with E-state index < -0.39 is 11.9 Å². The molecule has 0 radical (unpaired) electrons. The Labute approximate surface area is 203 Å². The molecule has 5 rings (SSSR count). The van der Waals surface area contributed by atoms with Crippen LogP contribution in [-0.2, 0) is 16.0 Å². The summed E-state index contributed by atoms with van der Waals surface area (Å²) < 4.78 is 0. The fourth-order valence-corrected chi connectivity index (χ4v) is 5.71. The van der Waals surface area contributed by atoms with E-state index in [9.17, 15) is 9.59 Å². The van der Waals surface area contributed by atoms with Crippen molar-refractivity contribution in [3.8, 4) is 0 Å². The zero-order chi connectivity index (χ0) is 24.1. The lowest BCUT2D eigenvalue weighted by Gasteiger charge is -2.38. The number of fused-ring (bicyclic) bond motifs is 4. The van der Waals surface area contributed by atoms with E-state index in [2.05, 4.69) is 77.5 Å². The summed E-state index contributed by atoms with van der Waals surface area (Å²) in [6, 6.07) is 23.0. The van der Waals surface area contributed by atoms with Gasteiger partial charge in [-0.25, -0.2) is 9.59 Å². The molecule has 2 aliphatic heterocycles. The van der Waals surface area contributed by atoms with Gasteiger partial charge in [-0.05, 0) is 41.4 Å². The molecule has 6 nitrogen and oxygen atoms in total. The van der Waals surface area contributed by atoms with Gasteiger partial charge in [-0.2, -0.15) is 0 Å². The maximum Gasteiger partial charge on any atom is 0.328 e. The van der Waals surface area contributed by atoms with Crippen molar-refractivity contribution in [1.29, 1.82) is 0 Å². The predicted octanol–water partition coefficient (Wildman–Crippen LogP) is 4.55. The third-order valence-corrected chi connectivity index (χ3v) is 7.49. The minimum atomic E-state index is -1.26. The van der Waals surface area contributed by atoms with E-state index >= 15 is 0 Å². The van der Waals surface area contributed by atoms with Crippen LogP contribution in [-0.4, -0.2) is 65.2 Å². The van der Waals surface area contributed by atoms with E-state index in [0.717, 1.165) is 32.6 Å². The van der Waals surface area contributed by atoms with Gasteiger partial charge in [-0.1, -0.05) is 66.4 Å². The third kappa shape index (κ3) is 5.67. The van der Waals surface area contributed by atoms with Crippen LogP contribution in [0.2, 0.25) is 0 Å². The Morgan fingerprint density at radius 3 is 2.24 bits per heavy atom. The molecule has 0 saturated carbocycles. The van der Waals surface area contributed by atoms with Crippen molar-refractivity contribution < 1.29 is 19.8 Å². The Kier molecular flexibility index (Phi) is 7.67. The second-order valence-corrected chi connectivity index (χ2v) is 9.54. The SMILES string of the molecule is CN1CCN(C2Cc3ccccc3Sc3c2ccc2ccccc32)CC1.O=C(O)/C=C\C(=O)O. The van der Waals surface area contributed by atoms with Crippen molar-refractivity contribution in [2.75, 3.05) is 33.2 Å². The van der Waals surface area contributed by atoms with Crippen LogP contribution in [0.25, 0.3) is 10.8 Å². The van der Waals surface area contributed by atoms with Crippen LogP contribution in [0, 0.1) is 0 Å². The molecule has 1 atom stereocenters. The summed E-state index contributed by atoms with van der Waals surface area (Å²) >= 11 is 1.96. The second-order valence-electron chi connectivity index (χ2n) is 8.48. The summed E-state index contributed by atoms with van der Waals surface area (Å²) in [5.74, 6) is -2.51. The number of hydrogen-bond acceptors (Lipinski definition) is 5. The van der Waals surface area contributed by atoms with Gasteiger partial charge >= 0.3 is 11.9 Å². The van der Waals surface area contributed by atoms with Crippen LogP contribution >= 0.6 is 11.8 Å². The zero-order valence-electron chi connectivity index (χ0n) is 19.1. The van der Waals surface area contributed by atoms with Crippen LogP contribution in [0.4, 0.5) is 0 Å². The molecular weight excluding hydrogens is 448 g/mol. The topological polar surface area (TPSA) is 81.1 Å². The molecule has 3 aromatic rings. The quantitative estimate of drug-likeness (QED) is 0.537. The molecule has 0 spiro atoms. The molecule has 0 amide bonds. The van der Waals surface area contributed by atoms with Crippen molar-refractivity contribution in [2.45, 2.75) is 22.3 Å². The van der Waals surface area contributed by atoms with E-state index in [-0.39, 0.29) is 0 Å². The lowest BCUT2D eigenvalue weighted by molar-refractivity contribution is -0.134. The number of nitrogens with zero attached hydrogens (tertiary/aromatic N) is 2. The first-order chi connectivity index (χ1) is 16.4. The molecule has 176 valence electrons. The zero-order valence-corrected chi connectivity index (χ0v) is 19.9. The van der Waals surface area contributed by atoms with Crippen LogP contribution in [0.3, 0.4) is 0 Å². The van der Waals surface area contributed by atoms with Crippen molar-refractivity contribution >= 4 is 34.5 Å². The predicted molar refractivity (Wildman–Crippen MR) is 134 cm³/mol. The minimum absolute atomic E-state index is 0.472. The third-order valence-electron chi connectivity index (χ3n) is 6.21. The van der Waals surface area contributed by atoms with Gasteiger partial charge in [-0.3, -0.25) is 4.90 Å². The highest BCUT2D eigenvalue weighted by Crippen LogP contribution is 2.46. The summed E-state index contributed by atoms with van der Waals surface area (Å²) in [6.45, 7) is 4.63. The fraction of sp³-hybridized carbons (Fsp3) is 0.259. The van der Waals surface area contributed by atoms with Crippen molar-refractivity contribution in [2.24, 2.45) is 0 Å². The monoisotopic (exact) mass is 476 g/mol. The molecule has 34 heavy (non-hydrogen) atoms. The molecule has 2 heterocycles. The average molecular weight is 477 g/mol. The van der Waals surface area contributed by atoms with Crippen LogP contribution in [0.15, 0.2) is 82.6 Å². The molecular formula is C27H28N2O4S.